The Labute approximate surface area is 249 Å². The highest BCUT2D eigenvalue weighted by Crippen LogP contribution is 2.43. The van der Waals surface area contributed by atoms with E-state index < -0.39 is 32.5 Å². The van der Waals surface area contributed by atoms with Gasteiger partial charge in [-0.25, -0.2) is 4.57 Å². The van der Waals surface area contributed by atoms with Crippen molar-refractivity contribution in [2.45, 2.75) is 136 Å². The Morgan fingerprint density at radius 3 is 1.90 bits per heavy atom. The first-order valence-corrected chi connectivity index (χ1v) is 17.3. The first-order valence-electron chi connectivity index (χ1n) is 15.8. The number of rotatable bonds is 29. The lowest BCUT2D eigenvalue weighted by molar-refractivity contribution is -0.161. The van der Waals surface area contributed by atoms with Crippen molar-refractivity contribution in [3.05, 3.63) is 24.3 Å². The van der Waals surface area contributed by atoms with Gasteiger partial charge in [0.25, 0.3) is 0 Å². The molecule has 0 spiro atoms. The van der Waals surface area contributed by atoms with Gasteiger partial charge in [0.15, 0.2) is 6.10 Å². The Morgan fingerprint density at radius 2 is 1.32 bits per heavy atom. The third-order valence-corrected chi connectivity index (χ3v) is 7.29. The zero-order valence-corrected chi connectivity index (χ0v) is 26.7. The molecule has 3 N–H and O–H groups in total. The molecular formula is C31H58NO8P. The third kappa shape index (κ3) is 28.4. The van der Waals surface area contributed by atoms with Crippen LogP contribution < -0.4 is 5.73 Å². The summed E-state index contributed by atoms with van der Waals surface area (Å²) in [6, 6.07) is 0. The fraction of sp³-hybridized carbons (Fsp3) is 0.806. The van der Waals surface area contributed by atoms with E-state index in [1.807, 2.05) is 6.92 Å². The molecule has 0 aromatic carbocycles. The molecule has 0 bridgehead atoms. The number of allylic oxidation sites excluding steroid dienone is 4. The van der Waals surface area contributed by atoms with Gasteiger partial charge < -0.3 is 20.1 Å². The molecule has 9 nitrogen and oxygen atoms in total. The number of ether oxygens (including phenoxy) is 2. The normalized spacial score (nSPS) is 14.0. The highest BCUT2D eigenvalue weighted by atomic mass is 31.2. The second-order valence-electron chi connectivity index (χ2n) is 10.3. The summed E-state index contributed by atoms with van der Waals surface area (Å²) in [4.78, 5) is 33.7. The molecule has 0 saturated heterocycles. The number of unbranched alkanes of at least 4 members (excludes halogenated alkanes) is 12. The van der Waals surface area contributed by atoms with Crippen molar-refractivity contribution in [3.63, 3.8) is 0 Å². The summed E-state index contributed by atoms with van der Waals surface area (Å²) in [6.07, 6.45) is 26.6. The minimum Gasteiger partial charge on any atom is -0.462 e. The van der Waals surface area contributed by atoms with Crippen LogP contribution in [0.2, 0.25) is 0 Å². The maximum atomic E-state index is 12.3. The van der Waals surface area contributed by atoms with Gasteiger partial charge in [0.2, 0.25) is 0 Å². The Morgan fingerprint density at radius 1 is 0.732 bits per heavy atom. The number of phosphoric acid groups is 1. The van der Waals surface area contributed by atoms with Crippen molar-refractivity contribution in [1.29, 1.82) is 0 Å². The van der Waals surface area contributed by atoms with Gasteiger partial charge in [0, 0.05) is 19.4 Å². The van der Waals surface area contributed by atoms with Crippen LogP contribution in [-0.4, -0.2) is 49.3 Å². The average Bonchev–Trinajstić information content (AvgIpc) is 2.94. The number of carbonyl (C=O) groups excluding carboxylic acids is 2. The minimum atomic E-state index is -4.34. The Hall–Kier alpha value is -1.51. The average molecular weight is 604 g/mol. The first-order chi connectivity index (χ1) is 19.8. The van der Waals surface area contributed by atoms with E-state index in [1.165, 1.54) is 57.8 Å². The smallest absolute Gasteiger partial charge is 0.462 e. The number of carbonyl (C=O) groups is 2. The number of nitrogens with two attached hydrogens (primary N) is 1. The van der Waals surface area contributed by atoms with Crippen molar-refractivity contribution < 1.29 is 37.6 Å². The third-order valence-electron chi connectivity index (χ3n) is 6.31. The fourth-order valence-corrected chi connectivity index (χ4v) is 4.76. The van der Waals surface area contributed by atoms with Crippen LogP contribution >= 0.6 is 7.82 Å². The number of hydrogen-bond donors (Lipinski definition) is 2. The zero-order chi connectivity index (χ0) is 30.4. The van der Waals surface area contributed by atoms with E-state index >= 15 is 0 Å². The van der Waals surface area contributed by atoms with Gasteiger partial charge in [0.05, 0.1) is 13.2 Å². The van der Waals surface area contributed by atoms with E-state index in [0.29, 0.717) is 12.8 Å². The maximum Gasteiger partial charge on any atom is 0.472 e. The Balaban J connectivity index is 3.93. The van der Waals surface area contributed by atoms with Crippen molar-refractivity contribution in [3.8, 4) is 0 Å². The molecule has 0 aliphatic carbocycles. The maximum absolute atomic E-state index is 12.3. The van der Waals surface area contributed by atoms with E-state index in [1.54, 1.807) is 0 Å². The van der Waals surface area contributed by atoms with Gasteiger partial charge in [-0.05, 0) is 44.9 Å². The molecule has 0 aromatic heterocycles. The highest BCUT2D eigenvalue weighted by Gasteiger charge is 2.25. The van der Waals surface area contributed by atoms with Gasteiger partial charge in [-0.2, -0.15) is 0 Å². The molecular weight excluding hydrogens is 545 g/mol. The molecule has 10 heteroatoms. The summed E-state index contributed by atoms with van der Waals surface area (Å²) < 4.78 is 31.9. The molecule has 0 aliphatic rings. The molecule has 0 aliphatic heterocycles. The lowest BCUT2D eigenvalue weighted by Gasteiger charge is -2.19. The van der Waals surface area contributed by atoms with Crippen LogP contribution in [0.25, 0.3) is 0 Å². The standard InChI is InChI=1S/C31H58NO8P/c1-3-5-6-7-8-9-10-11-12-13-14-15-16-17-18-19-20-21-22-24-31(34)40-29(27-37-30(33)23-4-2)28-39-41(35,36)38-26-25-32/h8-9,11-12,29H,3-7,10,13-28,32H2,1-2H3,(H,35,36)/b9-8-,12-11-. The Kier molecular flexibility index (Phi) is 27.5. The lowest BCUT2D eigenvalue weighted by Crippen LogP contribution is -2.29. The second-order valence-corrected chi connectivity index (χ2v) is 11.8. The largest absolute Gasteiger partial charge is 0.472 e. The zero-order valence-electron chi connectivity index (χ0n) is 25.8. The molecule has 0 rings (SSSR count). The van der Waals surface area contributed by atoms with Crippen LogP contribution in [0.15, 0.2) is 24.3 Å². The van der Waals surface area contributed by atoms with Crippen molar-refractivity contribution in [1.82, 2.24) is 0 Å². The number of phosphoric ester groups is 1. The van der Waals surface area contributed by atoms with Crippen LogP contribution in [0.5, 0.6) is 0 Å². The summed E-state index contributed by atoms with van der Waals surface area (Å²) in [7, 11) is -4.34. The first kappa shape index (κ1) is 39.5. The van der Waals surface area contributed by atoms with Crippen LogP contribution in [0.4, 0.5) is 0 Å². The molecule has 0 radical (unpaired) electrons. The summed E-state index contributed by atoms with van der Waals surface area (Å²) >= 11 is 0. The van der Waals surface area contributed by atoms with Gasteiger partial charge >= 0.3 is 19.8 Å². The van der Waals surface area contributed by atoms with Gasteiger partial charge in [-0.3, -0.25) is 18.6 Å². The van der Waals surface area contributed by atoms with E-state index in [-0.39, 0.29) is 32.6 Å². The van der Waals surface area contributed by atoms with Crippen LogP contribution in [-0.2, 0) is 32.7 Å². The number of hydrogen-bond acceptors (Lipinski definition) is 8. The van der Waals surface area contributed by atoms with Crippen molar-refractivity contribution in [2.75, 3.05) is 26.4 Å². The van der Waals surface area contributed by atoms with Crippen molar-refractivity contribution in [2.24, 2.45) is 5.73 Å². The SMILES string of the molecule is CCCCC/C=C\C/C=C\CCCCCCCCCCCC(=O)OC(COC(=O)CCC)COP(=O)(O)OCCN. The predicted molar refractivity (Wildman–Crippen MR) is 164 cm³/mol. The topological polar surface area (TPSA) is 134 Å². The van der Waals surface area contributed by atoms with Gasteiger partial charge in [-0.15, -0.1) is 0 Å². The van der Waals surface area contributed by atoms with Crippen LogP contribution in [0, 0.1) is 0 Å². The summed E-state index contributed by atoms with van der Waals surface area (Å²) in [5.41, 5.74) is 5.27. The highest BCUT2D eigenvalue weighted by molar-refractivity contribution is 7.47. The summed E-state index contributed by atoms with van der Waals surface area (Å²) in [5, 5.41) is 0. The molecule has 0 heterocycles. The van der Waals surface area contributed by atoms with Gasteiger partial charge in [-0.1, -0.05) is 95.9 Å². The number of esters is 2. The molecule has 2 unspecified atom stereocenters. The second kappa shape index (κ2) is 28.6. The molecule has 0 amide bonds. The molecule has 2 atom stereocenters. The summed E-state index contributed by atoms with van der Waals surface area (Å²) in [5.74, 6) is -0.897. The van der Waals surface area contributed by atoms with Crippen LogP contribution in [0.3, 0.4) is 0 Å². The lowest BCUT2D eigenvalue weighted by atomic mass is 10.1. The molecule has 0 saturated carbocycles. The molecule has 240 valence electrons. The van der Waals surface area contributed by atoms with E-state index in [0.717, 1.165) is 32.1 Å². The van der Waals surface area contributed by atoms with Crippen LogP contribution in [0.1, 0.15) is 129 Å². The minimum absolute atomic E-state index is 0.0521. The van der Waals surface area contributed by atoms with E-state index in [9.17, 15) is 19.0 Å². The quantitative estimate of drug-likeness (QED) is 0.0381. The van der Waals surface area contributed by atoms with Gasteiger partial charge in [0.1, 0.15) is 6.61 Å². The monoisotopic (exact) mass is 603 g/mol. The van der Waals surface area contributed by atoms with E-state index in [4.69, 9.17) is 19.7 Å². The predicted octanol–water partition coefficient (Wildman–Crippen LogP) is 7.71. The summed E-state index contributed by atoms with van der Waals surface area (Å²) in [6.45, 7) is 3.28. The van der Waals surface area contributed by atoms with Crippen molar-refractivity contribution >= 4 is 19.8 Å². The fourth-order valence-electron chi connectivity index (χ4n) is 3.99. The molecule has 41 heavy (non-hydrogen) atoms. The molecule has 0 fully saturated rings. The molecule has 0 aromatic rings. The Bertz CT molecular complexity index is 744. The van der Waals surface area contributed by atoms with E-state index in [2.05, 4.69) is 35.8 Å².